The fourth-order valence-electron chi connectivity index (χ4n) is 2.74. The van der Waals surface area contributed by atoms with Gasteiger partial charge in [0.1, 0.15) is 11.7 Å². The molecule has 0 aliphatic heterocycles. The number of nitrogens with one attached hydrogen (secondary N) is 3. The van der Waals surface area contributed by atoms with Crippen molar-refractivity contribution >= 4 is 23.2 Å². The van der Waals surface area contributed by atoms with Gasteiger partial charge in [0.2, 0.25) is 5.91 Å². The first-order valence-corrected chi connectivity index (χ1v) is 8.82. The normalized spacial score (nSPS) is 14.0. The third-order valence-electron chi connectivity index (χ3n) is 4.45. The smallest absolute Gasteiger partial charge is 0.293 e. The molecule has 1 atom stereocenters. The van der Waals surface area contributed by atoms with Crippen molar-refractivity contribution in [2.24, 2.45) is 0 Å². The molecule has 29 heavy (non-hydrogen) atoms. The van der Waals surface area contributed by atoms with Gasteiger partial charge in [0.25, 0.3) is 11.6 Å². The highest BCUT2D eigenvalue weighted by molar-refractivity contribution is 5.99. The molecule has 0 radical (unpaired) electrons. The summed E-state index contributed by atoms with van der Waals surface area (Å²) in [7, 11) is 1.32. The maximum absolute atomic E-state index is 13.6. The van der Waals surface area contributed by atoms with Crippen LogP contribution in [-0.4, -0.2) is 29.8 Å². The van der Waals surface area contributed by atoms with Crippen LogP contribution in [0.2, 0.25) is 0 Å². The number of carbonyl (C=O) groups excluding carboxylic acids is 2. The molecule has 1 fully saturated rings. The van der Waals surface area contributed by atoms with Crippen molar-refractivity contribution in [1.82, 2.24) is 10.6 Å². The van der Waals surface area contributed by atoms with E-state index < -0.39 is 34.4 Å². The number of nitrogens with zero attached hydrogens (tertiary/aromatic N) is 1. The van der Waals surface area contributed by atoms with Crippen LogP contribution in [0.3, 0.4) is 0 Å². The van der Waals surface area contributed by atoms with Crippen molar-refractivity contribution in [3.05, 3.63) is 69.3 Å². The Morgan fingerprint density at radius 3 is 2.45 bits per heavy atom. The van der Waals surface area contributed by atoms with Gasteiger partial charge in [-0.15, -0.1) is 0 Å². The fraction of sp³-hybridized carbons (Fsp3) is 0.263. The van der Waals surface area contributed by atoms with Crippen LogP contribution in [0.15, 0.2) is 36.4 Å². The fourth-order valence-corrected chi connectivity index (χ4v) is 2.74. The van der Waals surface area contributed by atoms with Gasteiger partial charge in [0.05, 0.1) is 4.92 Å². The number of benzene rings is 2. The quantitative estimate of drug-likeness (QED) is 0.485. The summed E-state index contributed by atoms with van der Waals surface area (Å²) in [5.74, 6) is -3.70. The highest BCUT2D eigenvalue weighted by Crippen LogP contribution is 2.31. The first kappa shape index (κ1) is 20.2. The Morgan fingerprint density at radius 2 is 1.86 bits per heavy atom. The minimum Gasteiger partial charge on any atom is -0.377 e. The molecule has 0 spiro atoms. The summed E-state index contributed by atoms with van der Waals surface area (Å²) in [4.78, 5) is 35.5. The van der Waals surface area contributed by atoms with E-state index in [0.29, 0.717) is 5.69 Å². The predicted octanol–water partition coefficient (Wildman–Crippen LogP) is 2.66. The van der Waals surface area contributed by atoms with Crippen LogP contribution in [0.4, 0.5) is 20.2 Å². The Labute approximate surface area is 164 Å². The van der Waals surface area contributed by atoms with Crippen molar-refractivity contribution in [1.29, 1.82) is 0 Å². The lowest BCUT2D eigenvalue weighted by Gasteiger charge is -2.18. The molecule has 0 bridgehead atoms. The zero-order valence-corrected chi connectivity index (χ0v) is 15.4. The van der Waals surface area contributed by atoms with Crippen LogP contribution in [0.25, 0.3) is 0 Å². The van der Waals surface area contributed by atoms with Gasteiger partial charge in [-0.3, -0.25) is 19.7 Å². The van der Waals surface area contributed by atoms with Gasteiger partial charge >= 0.3 is 0 Å². The van der Waals surface area contributed by atoms with Crippen LogP contribution >= 0.6 is 0 Å². The lowest BCUT2D eigenvalue weighted by atomic mass is 10.0. The molecule has 2 amide bonds. The van der Waals surface area contributed by atoms with Crippen LogP contribution in [0, 0.1) is 21.7 Å². The number of nitro benzene ring substituents is 1. The lowest BCUT2D eigenvalue weighted by molar-refractivity contribution is -0.384. The van der Waals surface area contributed by atoms with Gasteiger partial charge in [0, 0.05) is 24.7 Å². The minimum atomic E-state index is -1.31. The molecular weight excluding hydrogens is 386 g/mol. The highest BCUT2D eigenvalue weighted by Gasteiger charge is 2.27. The van der Waals surface area contributed by atoms with Gasteiger partial charge in [-0.05, 0) is 42.7 Å². The van der Waals surface area contributed by atoms with E-state index >= 15 is 0 Å². The summed E-state index contributed by atoms with van der Waals surface area (Å²) >= 11 is 0. The van der Waals surface area contributed by atoms with Gasteiger partial charge in [0.15, 0.2) is 11.6 Å². The number of rotatable bonds is 7. The molecule has 1 aliphatic carbocycles. The molecule has 8 nitrogen and oxygen atoms in total. The molecule has 0 saturated heterocycles. The monoisotopic (exact) mass is 404 g/mol. The third-order valence-corrected chi connectivity index (χ3v) is 4.45. The second kappa shape index (κ2) is 8.21. The number of halogens is 2. The van der Waals surface area contributed by atoms with Gasteiger partial charge < -0.3 is 16.0 Å². The molecule has 3 N–H and O–H groups in total. The summed E-state index contributed by atoms with van der Waals surface area (Å²) in [6.45, 7) is 0. The van der Waals surface area contributed by atoms with Crippen molar-refractivity contribution in [3.8, 4) is 0 Å². The maximum atomic E-state index is 13.6. The molecule has 10 heteroatoms. The number of likely N-dealkylation sites (N-methyl/N-ethyl adjacent to an activating group) is 1. The molecule has 1 unspecified atom stereocenters. The third kappa shape index (κ3) is 4.65. The van der Waals surface area contributed by atoms with Crippen molar-refractivity contribution in [3.63, 3.8) is 0 Å². The number of amides is 2. The Morgan fingerprint density at radius 1 is 1.14 bits per heavy atom. The standard InChI is InChI=1S/C19H18F2N4O4/c1-22-19(27)17(10-2-6-13(20)14(21)8-10)24-18(26)11-3-7-15(23-12-4-5-12)16(9-11)25(28)29/h2-3,6-9,12,17,23H,4-5H2,1H3,(H,22,27)(H,24,26). The predicted molar refractivity (Wildman–Crippen MR) is 100 cm³/mol. The largest absolute Gasteiger partial charge is 0.377 e. The molecule has 152 valence electrons. The molecule has 1 saturated carbocycles. The lowest BCUT2D eigenvalue weighted by Crippen LogP contribution is -2.39. The summed E-state index contributed by atoms with van der Waals surface area (Å²) in [6, 6.07) is 5.61. The Bertz CT molecular complexity index is 979. The van der Waals surface area contributed by atoms with E-state index in [0.717, 1.165) is 31.0 Å². The first-order valence-electron chi connectivity index (χ1n) is 8.82. The molecular formula is C19H18F2N4O4. The zero-order chi connectivity index (χ0) is 21.1. The number of hydrogen-bond donors (Lipinski definition) is 3. The van der Waals surface area contributed by atoms with Crippen LogP contribution in [0.5, 0.6) is 0 Å². The van der Waals surface area contributed by atoms with E-state index in [9.17, 15) is 28.5 Å². The van der Waals surface area contributed by atoms with Crippen LogP contribution < -0.4 is 16.0 Å². The van der Waals surface area contributed by atoms with Gasteiger partial charge in [-0.25, -0.2) is 8.78 Å². The minimum absolute atomic E-state index is 0.0260. The molecule has 2 aromatic rings. The average molecular weight is 404 g/mol. The Hall–Kier alpha value is -3.56. The molecule has 1 aliphatic rings. The van der Waals surface area contributed by atoms with Crippen LogP contribution in [0.1, 0.15) is 34.8 Å². The summed E-state index contributed by atoms with van der Waals surface area (Å²) in [6.07, 6.45) is 1.84. The number of anilines is 1. The Kier molecular flexibility index (Phi) is 5.71. The molecule has 0 aromatic heterocycles. The molecule has 0 heterocycles. The summed E-state index contributed by atoms with van der Waals surface area (Å²) < 4.78 is 26.8. The highest BCUT2D eigenvalue weighted by atomic mass is 19.2. The number of nitro groups is 1. The SMILES string of the molecule is CNC(=O)C(NC(=O)c1ccc(NC2CC2)c([N+](=O)[O-])c1)c1ccc(F)c(F)c1. The Balaban J connectivity index is 1.87. The van der Waals surface area contributed by atoms with E-state index in [4.69, 9.17) is 0 Å². The topological polar surface area (TPSA) is 113 Å². The second-order valence-corrected chi connectivity index (χ2v) is 6.60. The van der Waals surface area contributed by atoms with E-state index in [2.05, 4.69) is 16.0 Å². The van der Waals surface area contributed by atoms with Crippen molar-refractivity contribution in [2.45, 2.75) is 24.9 Å². The van der Waals surface area contributed by atoms with E-state index in [1.807, 2.05) is 0 Å². The van der Waals surface area contributed by atoms with Crippen molar-refractivity contribution in [2.75, 3.05) is 12.4 Å². The van der Waals surface area contributed by atoms with Crippen LogP contribution in [-0.2, 0) is 4.79 Å². The molecule has 2 aromatic carbocycles. The summed E-state index contributed by atoms with van der Waals surface area (Å²) in [5.41, 5.74) is 0.0130. The van der Waals surface area contributed by atoms with E-state index in [-0.39, 0.29) is 22.9 Å². The first-order chi connectivity index (χ1) is 13.8. The van der Waals surface area contributed by atoms with E-state index in [1.54, 1.807) is 0 Å². The van der Waals surface area contributed by atoms with Gasteiger partial charge in [-0.2, -0.15) is 0 Å². The second-order valence-electron chi connectivity index (χ2n) is 6.60. The van der Waals surface area contributed by atoms with Gasteiger partial charge in [-0.1, -0.05) is 6.07 Å². The maximum Gasteiger partial charge on any atom is 0.293 e. The molecule has 3 rings (SSSR count). The average Bonchev–Trinajstić information content (AvgIpc) is 3.51. The van der Waals surface area contributed by atoms with E-state index in [1.165, 1.54) is 25.2 Å². The summed E-state index contributed by atoms with van der Waals surface area (Å²) in [5, 5.41) is 19.1. The number of carbonyl (C=O) groups is 2. The van der Waals surface area contributed by atoms with Crippen molar-refractivity contribution < 1.29 is 23.3 Å². The number of hydrogen-bond acceptors (Lipinski definition) is 5. The zero-order valence-electron chi connectivity index (χ0n) is 15.4.